The van der Waals surface area contributed by atoms with Crippen LogP contribution < -0.4 is 0 Å². The summed E-state index contributed by atoms with van der Waals surface area (Å²) in [5.74, 6) is 0. The fraction of sp³-hybridized carbons (Fsp3) is 1.00. The average Bonchev–Trinajstić information content (AvgIpc) is 2.13. The average molecular weight is 196 g/mol. The first-order valence-corrected chi connectivity index (χ1v) is 3.69. The van der Waals surface area contributed by atoms with Gasteiger partial charge >= 0.3 is 0 Å². The van der Waals surface area contributed by atoms with Crippen LogP contribution in [0.4, 0.5) is 0 Å². The van der Waals surface area contributed by atoms with Crippen LogP contribution in [0.1, 0.15) is 29.0 Å². The van der Waals surface area contributed by atoms with E-state index in [2.05, 4.69) is 11.8 Å². The van der Waals surface area contributed by atoms with Crippen molar-refractivity contribution in [2.45, 2.75) is 45.5 Å². The monoisotopic (exact) mass is 196 g/mol. The minimum atomic E-state index is -0.189. The van der Waals surface area contributed by atoms with E-state index in [0.29, 0.717) is 12.9 Å². The van der Waals surface area contributed by atoms with Crippen molar-refractivity contribution in [1.29, 1.82) is 0 Å². The number of hydrogen-bond donors (Lipinski definition) is 0. The van der Waals surface area contributed by atoms with E-state index in [4.69, 9.17) is 6.11 Å². The van der Waals surface area contributed by atoms with Gasteiger partial charge in [-0.15, -0.1) is 0 Å². The molecule has 1 rings (SSSR count). The second-order valence-electron chi connectivity index (χ2n) is 3.45. The molecular formula is C8H17NOV. The summed E-state index contributed by atoms with van der Waals surface area (Å²) < 4.78 is 12.9. The number of nitrogens with zero attached hydrogens (tertiary/aromatic N) is 1. The van der Waals surface area contributed by atoms with E-state index in [1.54, 1.807) is 0 Å². The molecule has 0 N–H and O–H groups in total. The van der Waals surface area contributed by atoms with Gasteiger partial charge in [-0.25, -0.2) is 0 Å². The van der Waals surface area contributed by atoms with Crippen molar-refractivity contribution in [1.82, 2.24) is 4.90 Å². The van der Waals surface area contributed by atoms with Gasteiger partial charge in [-0.05, 0) is 34.7 Å². The Labute approximate surface area is 82.6 Å². The molecule has 0 aromatic carbocycles. The van der Waals surface area contributed by atoms with Crippen LogP contribution in [0.2, 0.25) is 0 Å². The molecule has 2 atom stereocenters. The zero-order valence-corrected chi connectivity index (χ0v) is 9.06. The van der Waals surface area contributed by atoms with E-state index in [1.807, 2.05) is 20.9 Å². The first-order valence-electron chi connectivity index (χ1n) is 4.39. The topological polar surface area (TPSA) is 12.5 Å². The fourth-order valence-corrected chi connectivity index (χ4v) is 1.29. The van der Waals surface area contributed by atoms with Crippen molar-refractivity contribution >= 4 is 0 Å². The van der Waals surface area contributed by atoms with Gasteiger partial charge in [0.05, 0.1) is 6.10 Å². The molecule has 3 heteroatoms. The molecule has 1 aliphatic rings. The standard InChI is InChI=1S/C8H17NO.V/c1-6-7(2)10-8(3,4)9(6)5;/h6-7H,1-5H3;/i2T;. The molecule has 2 unspecified atom stereocenters. The fourth-order valence-electron chi connectivity index (χ4n) is 1.29. The van der Waals surface area contributed by atoms with E-state index < -0.39 is 0 Å². The third kappa shape index (κ3) is 2.00. The minimum absolute atomic E-state index is 0. The predicted molar refractivity (Wildman–Crippen MR) is 41.9 cm³/mol. The summed E-state index contributed by atoms with van der Waals surface area (Å²) in [6.07, 6.45) is 0.0787. The Balaban J connectivity index is 0.00000121. The third-order valence-corrected chi connectivity index (χ3v) is 2.44. The largest absolute Gasteiger partial charge is 0.356 e. The number of ether oxygens (including phenoxy) is 1. The Kier molecular flexibility index (Phi) is 3.04. The third-order valence-electron chi connectivity index (χ3n) is 2.44. The van der Waals surface area contributed by atoms with Crippen molar-refractivity contribution in [2.24, 2.45) is 0 Å². The Morgan fingerprint density at radius 2 is 2.09 bits per heavy atom. The molecule has 1 saturated heterocycles. The molecule has 0 amide bonds. The molecule has 1 fully saturated rings. The van der Waals surface area contributed by atoms with Gasteiger partial charge in [0, 0.05) is 26.0 Å². The van der Waals surface area contributed by atoms with E-state index in [9.17, 15) is 0 Å². The molecule has 0 aromatic rings. The minimum Gasteiger partial charge on any atom is -0.356 e. The van der Waals surface area contributed by atoms with Gasteiger partial charge in [-0.3, -0.25) is 4.90 Å². The molecule has 65 valence electrons. The summed E-state index contributed by atoms with van der Waals surface area (Å²) in [6, 6.07) is 0.363. The molecule has 1 aliphatic heterocycles. The quantitative estimate of drug-likeness (QED) is 0.581. The maximum absolute atomic E-state index is 7.25. The molecule has 1 heterocycles. The van der Waals surface area contributed by atoms with Crippen LogP contribution in [-0.2, 0) is 23.3 Å². The summed E-state index contributed by atoms with van der Waals surface area (Å²) >= 11 is 0. The van der Waals surface area contributed by atoms with Gasteiger partial charge in [-0.1, -0.05) is 0 Å². The van der Waals surface area contributed by atoms with Crippen LogP contribution in [0.25, 0.3) is 0 Å². The van der Waals surface area contributed by atoms with Crippen molar-refractivity contribution in [3.8, 4) is 0 Å². The Morgan fingerprint density at radius 1 is 1.55 bits per heavy atom. The molecule has 0 aromatic heterocycles. The SMILES string of the molecule is [3H]CC1OC(C)(C)N(C)C1C.[V]. The maximum Gasteiger partial charge on any atom is 0.116 e. The van der Waals surface area contributed by atoms with Crippen LogP contribution in [-0.4, -0.2) is 29.8 Å². The summed E-state index contributed by atoms with van der Waals surface area (Å²) in [4.78, 5) is 2.17. The van der Waals surface area contributed by atoms with Gasteiger partial charge < -0.3 is 4.74 Å². The summed E-state index contributed by atoms with van der Waals surface area (Å²) in [5.41, 5.74) is -0.189. The predicted octanol–water partition coefficient (Wildman–Crippen LogP) is 1.46. The summed E-state index contributed by atoms with van der Waals surface area (Å²) in [6.45, 7) is 6.54. The zero-order chi connectivity index (χ0) is 8.65. The van der Waals surface area contributed by atoms with Crippen LogP contribution in [0.5, 0.6) is 0 Å². The van der Waals surface area contributed by atoms with Crippen LogP contribution in [0.3, 0.4) is 0 Å². The normalized spacial score (nSPS) is 38.0. The van der Waals surface area contributed by atoms with Gasteiger partial charge in [0.25, 0.3) is 0 Å². The van der Waals surface area contributed by atoms with E-state index in [-0.39, 0.29) is 30.4 Å². The van der Waals surface area contributed by atoms with Crippen molar-refractivity contribution < 1.29 is 24.7 Å². The maximum atomic E-state index is 7.25. The Morgan fingerprint density at radius 3 is 2.27 bits per heavy atom. The molecule has 0 aliphatic carbocycles. The number of rotatable bonds is 0. The molecule has 2 nitrogen and oxygen atoms in total. The van der Waals surface area contributed by atoms with E-state index in [0.717, 1.165) is 0 Å². The van der Waals surface area contributed by atoms with Crippen molar-refractivity contribution in [3.63, 3.8) is 0 Å². The summed E-state index contributed by atoms with van der Waals surface area (Å²) in [7, 11) is 2.04. The zero-order valence-electron chi connectivity index (χ0n) is 8.66. The molecular weight excluding hydrogens is 177 g/mol. The number of likely N-dealkylation sites (N-methyl/N-ethyl adjacent to an activating group) is 1. The van der Waals surface area contributed by atoms with Crippen molar-refractivity contribution in [3.05, 3.63) is 0 Å². The summed E-state index contributed by atoms with van der Waals surface area (Å²) in [5, 5.41) is 0. The first kappa shape index (κ1) is 9.59. The molecule has 0 saturated carbocycles. The second kappa shape index (κ2) is 3.48. The molecule has 11 heavy (non-hydrogen) atoms. The molecule has 0 spiro atoms. The second-order valence-corrected chi connectivity index (χ2v) is 3.45. The van der Waals surface area contributed by atoms with Gasteiger partial charge in [0.2, 0.25) is 0 Å². The van der Waals surface area contributed by atoms with E-state index >= 15 is 0 Å². The van der Waals surface area contributed by atoms with Gasteiger partial charge in [0.15, 0.2) is 0 Å². The first-order chi connectivity index (χ1) is 4.99. The Hall–Kier alpha value is 0.504. The smallest absolute Gasteiger partial charge is 0.116 e. The number of hydrogen-bond acceptors (Lipinski definition) is 2. The molecule has 0 bridgehead atoms. The van der Waals surface area contributed by atoms with Crippen molar-refractivity contribution in [2.75, 3.05) is 7.05 Å². The van der Waals surface area contributed by atoms with Gasteiger partial charge in [0.1, 0.15) is 5.72 Å². The van der Waals surface area contributed by atoms with Crippen LogP contribution >= 0.6 is 0 Å². The van der Waals surface area contributed by atoms with E-state index in [1.165, 1.54) is 0 Å². The molecule has 1 radical (unpaired) electrons. The van der Waals surface area contributed by atoms with Gasteiger partial charge in [-0.2, -0.15) is 0 Å². The van der Waals surface area contributed by atoms with Crippen LogP contribution in [0.15, 0.2) is 0 Å². The van der Waals surface area contributed by atoms with Crippen LogP contribution in [0, 0.1) is 0 Å². The Bertz CT molecular complexity index is 154.